The van der Waals surface area contributed by atoms with Gasteiger partial charge >= 0.3 is 6.03 Å². The van der Waals surface area contributed by atoms with Gasteiger partial charge in [-0.15, -0.1) is 0 Å². The number of carbonyl (C=O) groups excluding carboxylic acids is 4. The van der Waals surface area contributed by atoms with Crippen LogP contribution >= 0.6 is 11.6 Å². The van der Waals surface area contributed by atoms with Crippen molar-refractivity contribution in [3.05, 3.63) is 105 Å². The molecule has 1 aromatic heterocycles. The molecule has 386 valence electrons. The van der Waals surface area contributed by atoms with Gasteiger partial charge in [0, 0.05) is 91.9 Å². The molecule has 5 aliphatic rings. The number of benzene rings is 4. The maximum Gasteiger partial charge on any atom is 0.329 e. The number of urea groups is 1. The number of aryl methyl sites for hydroxylation is 1. The molecular formula is C53H57ClF4N8O7. The number of aromatic nitrogens is 2. The number of rotatable bonds is 13. The molecule has 5 aromatic rings. The average molecular weight is 1030 g/mol. The van der Waals surface area contributed by atoms with Crippen LogP contribution in [0.3, 0.4) is 0 Å². The van der Waals surface area contributed by atoms with E-state index in [2.05, 4.69) is 20.6 Å². The van der Waals surface area contributed by atoms with Gasteiger partial charge in [-0.05, 0) is 87.7 Å². The summed E-state index contributed by atoms with van der Waals surface area (Å²) in [5, 5.41) is 19.4. The highest BCUT2D eigenvalue weighted by atomic mass is 35.5. The Morgan fingerprint density at radius 1 is 0.932 bits per heavy atom. The minimum atomic E-state index is -1.15. The minimum Gasteiger partial charge on any atom is -0.488 e. The van der Waals surface area contributed by atoms with E-state index in [0.717, 1.165) is 12.0 Å². The van der Waals surface area contributed by atoms with Crippen LogP contribution in [-0.4, -0.2) is 113 Å². The van der Waals surface area contributed by atoms with Crippen LogP contribution in [0, 0.1) is 29.2 Å². The maximum atomic E-state index is 16.5. The molecule has 5 amide bonds. The van der Waals surface area contributed by atoms with Crippen molar-refractivity contribution in [1.82, 2.24) is 30.2 Å². The summed E-state index contributed by atoms with van der Waals surface area (Å²) in [7, 11) is 1.55. The van der Waals surface area contributed by atoms with Crippen LogP contribution in [0.5, 0.6) is 11.5 Å². The fourth-order valence-electron chi connectivity index (χ4n) is 12.1. The van der Waals surface area contributed by atoms with E-state index in [9.17, 15) is 24.3 Å². The highest BCUT2D eigenvalue weighted by Gasteiger charge is 2.50. The summed E-state index contributed by atoms with van der Waals surface area (Å²) in [4.78, 5) is 56.7. The quantitative estimate of drug-likeness (QED) is 0.0868. The number of aliphatic hydroxyl groups excluding tert-OH is 1. The molecule has 3 atom stereocenters. The van der Waals surface area contributed by atoms with Gasteiger partial charge in [-0.2, -0.15) is 5.10 Å². The molecule has 73 heavy (non-hydrogen) atoms. The zero-order chi connectivity index (χ0) is 51.5. The second-order valence-corrected chi connectivity index (χ2v) is 20.3. The van der Waals surface area contributed by atoms with Crippen LogP contribution in [0.4, 0.5) is 28.2 Å². The molecule has 10 rings (SSSR count). The number of primary amides is 1. The lowest BCUT2D eigenvalue weighted by molar-refractivity contribution is -0.135. The lowest BCUT2D eigenvalue weighted by Gasteiger charge is -2.38. The molecule has 4 aliphatic heterocycles. The Balaban J connectivity index is 0.777. The smallest absolute Gasteiger partial charge is 0.329 e. The van der Waals surface area contributed by atoms with E-state index in [1.165, 1.54) is 33.8 Å². The molecule has 4 fully saturated rings. The zero-order valence-electron chi connectivity index (χ0n) is 40.5. The normalized spacial score (nSPS) is 23.7. The molecule has 5 heterocycles. The van der Waals surface area contributed by atoms with Crippen molar-refractivity contribution < 1.29 is 51.3 Å². The van der Waals surface area contributed by atoms with E-state index in [-0.39, 0.29) is 106 Å². The van der Waals surface area contributed by atoms with E-state index < -0.39 is 64.3 Å². The zero-order valence-corrected chi connectivity index (χ0v) is 41.3. The number of amides is 5. The number of imide groups is 1. The Morgan fingerprint density at radius 3 is 2.37 bits per heavy atom. The number of carbonyl (C=O) groups is 4. The average Bonchev–Trinajstić information content (AvgIpc) is 4.08. The number of fused-ring (bicyclic) bond motifs is 2. The van der Waals surface area contributed by atoms with Gasteiger partial charge in [0.2, 0.25) is 17.7 Å². The first-order valence-corrected chi connectivity index (χ1v) is 25.3. The van der Waals surface area contributed by atoms with Gasteiger partial charge in [0.1, 0.15) is 29.5 Å². The molecule has 3 saturated heterocycles. The van der Waals surface area contributed by atoms with Crippen molar-refractivity contribution in [1.29, 1.82) is 0 Å². The SMILES string of the molecule is C[C@H]1c2c(cc(F)c(Cl)c2-c2c(C(N)=O)ccc(OCCO)c2F)O[C@]1(CNC1CCC(C(=O)N2CC[C@@H](N3CCC(c4c(F)cc5c(N6CCC(=O)NC6=O)nn(C)c5c4F)CC3)C2)CC1)c1ccccc1. The van der Waals surface area contributed by atoms with Gasteiger partial charge in [0.15, 0.2) is 28.8 Å². The lowest BCUT2D eigenvalue weighted by Crippen LogP contribution is -2.49. The number of halogens is 5. The van der Waals surface area contributed by atoms with Crippen molar-refractivity contribution in [3.63, 3.8) is 0 Å². The van der Waals surface area contributed by atoms with Gasteiger partial charge in [0.25, 0.3) is 0 Å². The van der Waals surface area contributed by atoms with Crippen molar-refractivity contribution in [2.45, 2.75) is 87.8 Å². The van der Waals surface area contributed by atoms with Crippen molar-refractivity contribution in [2.75, 3.05) is 57.4 Å². The molecule has 1 saturated carbocycles. The number of nitrogens with two attached hydrogens (primary N) is 1. The van der Waals surface area contributed by atoms with Crippen LogP contribution < -0.4 is 30.7 Å². The Morgan fingerprint density at radius 2 is 1.67 bits per heavy atom. The number of ether oxygens (including phenoxy) is 2. The number of piperidine rings is 1. The summed E-state index contributed by atoms with van der Waals surface area (Å²) >= 11 is 6.71. The molecule has 20 heteroatoms. The predicted molar refractivity (Wildman–Crippen MR) is 263 cm³/mol. The highest BCUT2D eigenvalue weighted by Crippen LogP contribution is 2.56. The Bertz CT molecular complexity index is 3000. The molecule has 0 radical (unpaired) electrons. The van der Waals surface area contributed by atoms with Crippen molar-refractivity contribution in [3.8, 4) is 22.6 Å². The molecule has 0 unspecified atom stereocenters. The number of likely N-dealkylation sites (tertiary alicyclic amines) is 2. The Kier molecular flexibility index (Phi) is 13.9. The molecule has 1 aliphatic carbocycles. The van der Waals surface area contributed by atoms with Gasteiger partial charge < -0.3 is 30.5 Å². The fourth-order valence-corrected chi connectivity index (χ4v) is 12.3. The number of anilines is 1. The third-order valence-electron chi connectivity index (χ3n) is 15.9. The first-order chi connectivity index (χ1) is 35.1. The number of aliphatic hydroxyl groups is 1. The van der Waals surface area contributed by atoms with Gasteiger partial charge in [-0.25, -0.2) is 22.4 Å². The molecule has 15 nitrogen and oxygen atoms in total. The number of hydrogen-bond donors (Lipinski definition) is 4. The molecule has 0 spiro atoms. The summed E-state index contributed by atoms with van der Waals surface area (Å²) < 4.78 is 78.1. The van der Waals surface area contributed by atoms with Gasteiger partial charge in [-0.1, -0.05) is 48.9 Å². The number of hydrogen-bond acceptors (Lipinski definition) is 10. The lowest BCUT2D eigenvalue weighted by atomic mass is 9.77. The van der Waals surface area contributed by atoms with Crippen LogP contribution in [0.15, 0.2) is 54.6 Å². The molecule has 4 aromatic carbocycles. The molecular weight excluding hydrogens is 972 g/mol. The Labute approximate surface area is 423 Å². The van der Waals surface area contributed by atoms with Crippen molar-refractivity contribution >= 4 is 52.1 Å². The van der Waals surface area contributed by atoms with Gasteiger partial charge in [0.05, 0.1) is 22.6 Å². The maximum absolute atomic E-state index is 16.5. The monoisotopic (exact) mass is 1030 g/mol. The largest absolute Gasteiger partial charge is 0.488 e. The van der Waals surface area contributed by atoms with Gasteiger partial charge in [-0.3, -0.25) is 34.2 Å². The standard InChI is InChI=1S/C53H57ClF4N8O7/c1-28-41-39(25-37(56)45(54)44(41)43-34(49(59)69)12-13-38(46(43)57)72-23-22-67)73-53(28,31-6-4-3-5-7-31)27-60-32-10-8-30(9-11-32)51(70)65-20-16-33(26-65)64-18-14-29(15-19-64)42-36(55)24-35-48(47(42)58)63(2)62-50(35)66-21-17-40(68)61-52(66)71/h3-7,12-13,24-25,28-30,32-33,60,67H,8-11,14-23,26-27H2,1-2H3,(H2,59,69)(H,61,68,71)/t28-,30?,32?,33+,53-/m0/s1. The minimum absolute atomic E-state index is 0.00827. The molecule has 0 bridgehead atoms. The first-order valence-electron chi connectivity index (χ1n) is 24.9. The van der Waals surface area contributed by atoms with Crippen LogP contribution in [0.25, 0.3) is 22.0 Å². The predicted octanol–water partition coefficient (Wildman–Crippen LogP) is 7.39. The summed E-state index contributed by atoms with van der Waals surface area (Å²) in [5.41, 5.74) is 5.21. The summed E-state index contributed by atoms with van der Waals surface area (Å²) in [6.07, 6.45) is 4.65. The van der Waals surface area contributed by atoms with Crippen molar-refractivity contribution in [2.24, 2.45) is 18.7 Å². The van der Waals surface area contributed by atoms with Crippen LogP contribution in [-0.2, 0) is 22.2 Å². The Hall–Kier alpha value is -6.28. The van der Waals surface area contributed by atoms with Crippen LogP contribution in [0.1, 0.15) is 97.2 Å². The summed E-state index contributed by atoms with van der Waals surface area (Å²) in [6.45, 7) is 3.99. The second-order valence-electron chi connectivity index (χ2n) is 19.9. The first kappa shape index (κ1) is 50.3. The van der Waals surface area contributed by atoms with E-state index in [1.807, 2.05) is 42.2 Å². The third-order valence-corrected chi connectivity index (χ3v) is 16.3. The third kappa shape index (κ3) is 9.05. The molecule has 5 N–H and O–H groups in total. The summed E-state index contributed by atoms with van der Waals surface area (Å²) in [5.74, 6) is -5.71. The van der Waals surface area contributed by atoms with E-state index in [4.69, 9.17) is 26.8 Å². The topological polar surface area (TPSA) is 185 Å². The van der Waals surface area contributed by atoms with E-state index in [1.54, 1.807) is 7.05 Å². The van der Waals surface area contributed by atoms with Crippen LogP contribution in [0.2, 0.25) is 5.02 Å². The number of nitrogens with one attached hydrogen (secondary N) is 2. The highest BCUT2D eigenvalue weighted by molar-refractivity contribution is 6.34. The summed E-state index contributed by atoms with van der Waals surface area (Å²) in [6, 6.07) is 13.8. The second kappa shape index (κ2) is 20.2. The fraction of sp³-hybridized carbons (Fsp3) is 0.453. The van der Waals surface area contributed by atoms with E-state index >= 15 is 17.6 Å². The van der Waals surface area contributed by atoms with E-state index in [0.29, 0.717) is 70.3 Å². The number of nitrogens with zero attached hydrogens (tertiary/aromatic N) is 5.